The third kappa shape index (κ3) is 4.72. The van der Waals surface area contributed by atoms with Gasteiger partial charge in [0.25, 0.3) is 0 Å². The fourth-order valence-corrected chi connectivity index (χ4v) is 4.62. The predicted octanol–water partition coefficient (Wildman–Crippen LogP) is 5.79. The van der Waals surface area contributed by atoms with Gasteiger partial charge in [-0.1, -0.05) is 6.07 Å². The molecule has 2 heterocycles. The van der Waals surface area contributed by atoms with Crippen molar-refractivity contribution in [3.63, 3.8) is 0 Å². The lowest BCUT2D eigenvalue weighted by Gasteiger charge is -2.13. The summed E-state index contributed by atoms with van der Waals surface area (Å²) in [5, 5.41) is 4.40. The number of halogens is 2. The highest BCUT2D eigenvalue weighted by molar-refractivity contribution is 7.92. The molecule has 2 aromatic heterocycles. The van der Waals surface area contributed by atoms with E-state index in [9.17, 15) is 17.2 Å². The molecule has 0 aliphatic rings. The summed E-state index contributed by atoms with van der Waals surface area (Å²) in [6, 6.07) is 14.2. The standard InChI is InChI=1S/C26H23F2N5O2S/c1-16(2)33-14-19(13-30-33)17-4-7-26-25(10-17)29-15-32(26)22-9-18(8-21(12-22)31-36(3,34)35)23-6-5-20(27)11-24(23)28/h4-16,31H,1-3H3. The van der Waals surface area contributed by atoms with E-state index >= 15 is 0 Å². The molecule has 0 atom stereocenters. The average Bonchev–Trinajstić information content (AvgIpc) is 3.45. The zero-order valence-electron chi connectivity index (χ0n) is 19.8. The Morgan fingerprint density at radius 1 is 0.944 bits per heavy atom. The van der Waals surface area contributed by atoms with Gasteiger partial charge in [0.15, 0.2) is 0 Å². The number of hydrogen-bond acceptors (Lipinski definition) is 4. The molecule has 3 aromatic carbocycles. The summed E-state index contributed by atoms with van der Waals surface area (Å²) in [5.41, 5.74) is 4.76. The first-order chi connectivity index (χ1) is 17.1. The fraction of sp³-hybridized carbons (Fsp3) is 0.154. The number of hydrogen-bond donors (Lipinski definition) is 1. The van der Waals surface area contributed by atoms with Crippen molar-refractivity contribution >= 4 is 26.7 Å². The molecule has 0 saturated carbocycles. The van der Waals surface area contributed by atoms with Gasteiger partial charge in [0.1, 0.15) is 18.0 Å². The Kier molecular flexibility index (Phi) is 5.83. The van der Waals surface area contributed by atoms with Crippen LogP contribution in [0.2, 0.25) is 0 Å². The molecule has 0 unspecified atom stereocenters. The van der Waals surface area contributed by atoms with Crippen LogP contribution in [-0.4, -0.2) is 34.0 Å². The van der Waals surface area contributed by atoms with Crippen LogP contribution in [0.4, 0.5) is 14.5 Å². The molecule has 5 rings (SSSR count). The van der Waals surface area contributed by atoms with Gasteiger partial charge in [0.05, 0.1) is 29.2 Å². The van der Waals surface area contributed by atoms with Crippen LogP contribution in [0.15, 0.2) is 73.3 Å². The smallest absolute Gasteiger partial charge is 0.229 e. The van der Waals surface area contributed by atoms with Crippen molar-refractivity contribution < 1.29 is 17.2 Å². The lowest BCUT2D eigenvalue weighted by Crippen LogP contribution is -2.10. The third-order valence-corrected chi connectivity index (χ3v) is 6.36. The van der Waals surface area contributed by atoms with Gasteiger partial charge in [-0.3, -0.25) is 14.0 Å². The number of sulfonamides is 1. The summed E-state index contributed by atoms with van der Waals surface area (Å²) in [7, 11) is -3.60. The first-order valence-electron chi connectivity index (χ1n) is 11.2. The van der Waals surface area contributed by atoms with Gasteiger partial charge in [-0.15, -0.1) is 0 Å². The quantitative estimate of drug-likeness (QED) is 0.316. The number of fused-ring (bicyclic) bond motifs is 1. The maximum atomic E-state index is 14.6. The maximum Gasteiger partial charge on any atom is 0.229 e. The van der Waals surface area contributed by atoms with Crippen molar-refractivity contribution in [1.29, 1.82) is 0 Å². The average molecular weight is 508 g/mol. The molecule has 0 aliphatic heterocycles. The highest BCUT2D eigenvalue weighted by Gasteiger charge is 2.14. The Labute approximate surface area is 207 Å². The van der Waals surface area contributed by atoms with Crippen molar-refractivity contribution in [2.24, 2.45) is 0 Å². The number of benzene rings is 3. The molecular weight excluding hydrogens is 484 g/mol. The molecule has 5 aromatic rings. The molecule has 0 radical (unpaired) electrons. The Balaban J connectivity index is 1.62. The van der Waals surface area contributed by atoms with Gasteiger partial charge in [0, 0.05) is 35.1 Å². The fourth-order valence-electron chi connectivity index (χ4n) is 4.07. The number of rotatable bonds is 6. The summed E-state index contributed by atoms with van der Waals surface area (Å²) in [5.74, 6) is -1.45. The first-order valence-corrected chi connectivity index (χ1v) is 13.1. The summed E-state index contributed by atoms with van der Waals surface area (Å²) >= 11 is 0. The minimum absolute atomic E-state index is 0.142. The Morgan fingerprint density at radius 3 is 2.44 bits per heavy atom. The number of nitrogens with one attached hydrogen (secondary N) is 1. The molecule has 0 spiro atoms. The zero-order valence-corrected chi connectivity index (χ0v) is 20.6. The lowest BCUT2D eigenvalue weighted by molar-refractivity contribution is 0.532. The molecule has 0 fully saturated rings. The predicted molar refractivity (Wildman–Crippen MR) is 136 cm³/mol. The number of nitrogens with zero attached hydrogens (tertiary/aromatic N) is 4. The minimum atomic E-state index is -3.60. The van der Waals surface area contributed by atoms with Crippen LogP contribution in [-0.2, 0) is 10.0 Å². The van der Waals surface area contributed by atoms with Crippen molar-refractivity contribution in [3.05, 3.63) is 85.0 Å². The molecule has 0 saturated heterocycles. The monoisotopic (exact) mass is 507 g/mol. The second-order valence-electron chi connectivity index (χ2n) is 8.89. The van der Waals surface area contributed by atoms with Crippen molar-refractivity contribution in [1.82, 2.24) is 19.3 Å². The van der Waals surface area contributed by atoms with Gasteiger partial charge in [-0.25, -0.2) is 22.2 Å². The lowest BCUT2D eigenvalue weighted by atomic mass is 10.0. The zero-order chi connectivity index (χ0) is 25.6. The van der Waals surface area contributed by atoms with E-state index in [-0.39, 0.29) is 17.3 Å². The summed E-state index contributed by atoms with van der Waals surface area (Å²) in [4.78, 5) is 4.53. The van der Waals surface area contributed by atoms with Crippen molar-refractivity contribution in [3.8, 4) is 27.9 Å². The van der Waals surface area contributed by atoms with Gasteiger partial charge < -0.3 is 0 Å². The molecule has 10 heteroatoms. The molecule has 7 nitrogen and oxygen atoms in total. The van der Waals surface area contributed by atoms with Crippen molar-refractivity contribution in [2.45, 2.75) is 19.9 Å². The van der Waals surface area contributed by atoms with Gasteiger partial charge in [-0.05, 0) is 67.4 Å². The molecule has 0 aliphatic carbocycles. The van der Waals surface area contributed by atoms with Gasteiger partial charge >= 0.3 is 0 Å². The van der Waals surface area contributed by atoms with E-state index < -0.39 is 21.7 Å². The van der Waals surface area contributed by atoms with Gasteiger partial charge in [-0.2, -0.15) is 5.10 Å². The van der Waals surface area contributed by atoms with E-state index in [1.165, 1.54) is 12.1 Å². The number of anilines is 1. The van der Waals surface area contributed by atoms with Crippen LogP contribution in [0.3, 0.4) is 0 Å². The van der Waals surface area contributed by atoms with E-state index in [0.29, 0.717) is 11.3 Å². The SMILES string of the molecule is CC(C)n1cc(-c2ccc3c(c2)ncn3-c2cc(NS(C)(=O)=O)cc(-c3ccc(F)cc3F)c2)cn1. The number of aromatic nitrogens is 4. The second kappa shape index (κ2) is 8.87. The van der Waals surface area contributed by atoms with Crippen LogP contribution in [0.25, 0.3) is 39.0 Å². The highest BCUT2D eigenvalue weighted by Crippen LogP contribution is 2.32. The second-order valence-corrected chi connectivity index (χ2v) is 10.6. The summed E-state index contributed by atoms with van der Waals surface area (Å²) in [6.07, 6.45) is 6.44. The Morgan fingerprint density at radius 2 is 1.75 bits per heavy atom. The molecular formula is C26H23F2N5O2S. The molecule has 0 amide bonds. The third-order valence-electron chi connectivity index (χ3n) is 5.75. The van der Waals surface area contributed by atoms with E-state index in [1.807, 2.05) is 35.3 Å². The van der Waals surface area contributed by atoms with E-state index in [0.717, 1.165) is 40.5 Å². The molecule has 0 bridgehead atoms. The molecule has 184 valence electrons. The Bertz CT molecular complexity index is 1710. The van der Waals surface area contributed by atoms with E-state index in [2.05, 4.69) is 28.7 Å². The highest BCUT2D eigenvalue weighted by atomic mass is 32.2. The van der Waals surface area contributed by atoms with Crippen LogP contribution in [0.1, 0.15) is 19.9 Å². The summed E-state index contributed by atoms with van der Waals surface area (Å²) in [6.45, 7) is 4.11. The van der Waals surface area contributed by atoms with E-state index in [4.69, 9.17) is 0 Å². The molecule has 1 N–H and O–H groups in total. The van der Waals surface area contributed by atoms with Crippen molar-refractivity contribution in [2.75, 3.05) is 11.0 Å². The first kappa shape index (κ1) is 23.7. The minimum Gasteiger partial charge on any atom is -0.299 e. The van der Waals surface area contributed by atoms with E-state index in [1.54, 1.807) is 23.0 Å². The van der Waals surface area contributed by atoms with Gasteiger partial charge in [0.2, 0.25) is 10.0 Å². The maximum absolute atomic E-state index is 14.6. The molecule has 36 heavy (non-hydrogen) atoms. The largest absolute Gasteiger partial charge is 0.299 e. The van der Waals surface area contributed by atoms with Crippen LogP contribution < -0.4 is 4.72 Å². The normalized spacial score (nSPS) is 11.9. The summed E-state index contributed by atoms with van der Waals surface area (Å²) < 4.78 is 58.0. The van der Waals surface area contributed by atoms with Crippen LogP contribution in [0.5, 0.6) is 0 Å². The topological polar surface area (TPSA) is 81.8 Å². The van der Waals surface area contributed by atoms with Crippen LogP contribution in [0, 0.1) is 11.6 Å². The Hall–Kier alpha value is -4.05. The van der Waals surface area contributed by atoms with Crippen LogP contribution >= 0.6 is 0 Å². The number of imidazole rings is 1.